The lowest BCUT2D eigenvalue weighted by Gasteiger charge is -2.04. The number of aryl methyl sites for hydroxylation is 3. The molecule has 2 aromatic heterocycles. The largest absolute Gasteiger partial charge is 0.478 e. The topological polar surface area (TPSA) is 54.6 Å². The monoisotopic (exact) mass is 340 g/mol. The van der Waals surface area contributed by atoms with Crippen molar-refractivity contribution in [3.63, 3.8) is 0 Å². The number of rotatable bonds is 5. The number of benzene rings is 1. The Kier molecular flexibility index (Phi) is 4.53. The molecule has 0 radical (unpaired) electrons. The molecule has 0 aliphatic rings. The first-order valence-electron chi connectivity index (χ1n) is 8.06. The SMILES string of the molecule is CCc1ccc(-c2nc3sc(C)c(CC)n3c2/C=C/C(=O)O)cc1. The minimum Gasteiger partial charge on any atom is -0.478 e. The van der Waals surface area contributed by atoms with Crippen molar-refractivity contribution in [1.82, 2.24) is 9.38 Å². The molecule has 3 aromatic rings. The maximum Gasteiger partial charge on any atom is 0.328 e. The van der Waals surface area contributed by atoms with Crippen LogP contribution in [0.4, 0.5) is 0 Å². The number of imidazole rings is 1. The molecule has 0 saturated heterocycles. The maximum atomic E-state index is 11.0. The van der Waals surface area contributed by atoms with Gasteiger partial charge in [0.1, 0.15) is 0 Å². The van der Waals surface area contributed by atoms with Crippen LogP contribution in [0.3, 0.4) is 0 Å². The summed E-state index contributed by atoms with van der Waals surface area (Å²) in [5, 5.41) is 9.03. The van der Waals surface area contributed by atoms with E-state index in [9.17, 15) is 4.79 Å². The Hall–Kier alpha value is -2.40. The lowest BCUT2D eigenvalue weighted by atomic mass is 10.1. The van der Waals surface area contributed by atoms with Crippen LogP contribution >= 0.6 is 11.3 Å². The first-order chi connectivity index (χ1) is 11.5. The summed E-state index contributed by atoms with van der Waals surface area (Å²) >= 11 is 1.65. The van der Waals surface area contributed by atoms with E-state index in [1.54, 1.807) is 17.4 Å². The van der Waals surface area contributed by atoms with Crippen LogP contribution in [0.2, 0.25) is 0 Å². The van der Waals surface area contributed by atoms with Crippen molar-refractivity contribution in [2.75, 3.05) is 0 Å². The van der Waals surface area contributed by atoms with E-state index >= 15 is 0 Å². The Bertz CT molecular complexity index is 917. The third-order valence-corrected chi connectivity index (χ3v) is 5.16. The fourth-order valence-electron chi connectivity index (χ4n) is 2.92. The zero-order valence-corrected chi connectivity index (χ0v) is 14.9. The molecule has 0 spiro atoms. The Labute approximate surface area is 145 Å². The van der Waals surface area contributed by atoms with Crippen LogP contribution in [0.5, 0.6) is 0 Å². The summed E-state index contributed by atoms with van der Waals surface area (Å²) < 4.78 is 2.09. The smallest absolute Gasteiger partial charge is 0.328 e. The van der Waals surface area contributed by atoms with Gasteiger partial charge in [-0.25, -0.2) is 9.78 Å². The summed E-state index contributed by atoms with van der Waals surface area (Å²) in [5.74, 6) is -0.956. The number of aromatic nitrogens is 2. The van der Waals surface area contributed by atoms with Gasteiger partial charge in [0.05, 0.1) is 11.4 Å². The number of hydrogen-bond donors (Lipinski definition) is 1. The predicted molar refractivity (Wildman–Crippen MR) is 98.7 cm³/mol. The van der Waals surface area contributed by atoms with E-state index in [2.05, 4.69) is 49.4 Å². The molecule has 1 aromatic carbocycles. The molecular weight excluding hydrogens is 320 g/mol. The van der Waals surface area contributed by atoms with Gasteiger partial charge < -0.3 is 5.11 Å². The molecule has 0 bridgehead atoms. The second kappa shape index (κ2) is 6.61. The third kappa shape index (κ3) is 2.87. The number of nitrogens with zero attached hydrogens (tertiary/aromatic N) is 2. The molecule has 0 saturated carbocycles. The van der Waals surface area contributed by atoms with Gasteiger partial charge in [0.15, 0.2) is 4.96 Å². The van der Waals surface area contributed by atoms with Gasteiger partial charge in [-0.3, -0.25) is 4.40 Å². The van der Waals surface area contributed by atoms with Crippen LogP contribution in [0.25, 0.3) is 22.3 Å². The molecule has 0 amide bonds. The van der Waals surface area contributed by atoms with Crippen molar-refractivity contribution in [2.45, 2.75) is 33.6 Å². The summed E-state index contributed by atoms with van der Waals surface area (Å²) in [5.41, 5.74) is 5.12. The average Bonchev–Trinajstić information content (AvgIpc) is 3.07. The fourth-order valence-corrected chi connectivity index (χ4v) is 3.98. The zero-order chi connectivity index (χ0) is 17.3. The summed E-state index contributed by atoms with van der Waals surface area (Å²) in [6.45, 7) is 6.31. The van der Waals surface area contributed by atoms with Gasteiger partial charge in [0.25, 0.3) is 0 Å². The highest BCUT2D eigenvalue weighted by Gasteiger charge is 2.18. The Morgan fingerprint density at radius 3 is 2.54 bits per heavy atom. The van der Waals surface area contributed by atoms with Crippen molar-refractivity contribution in [2.24, 2.45) is 0 Å². The number of fused-ring (bicyclic) bond motifs is 1. The highest BCUT2D eigenvalue weighted by atomic mass is 32.1. The molecule has 0 fully saturated rings. The van der Waals surface area contributed by atoms with E-state index in [4.69, 9.17) is 10.1 Å². The van der Waals surface area contributed by atoms with Gasteiger partial charge in [0, 0.05) is 22.2 Å². The van der Waals surface area contributed by atoms with E-state index in [-0.39, 0.29) is 0 Å². The summed E-state index contributed by atoms with van der Waals surface area (Å²) in [7, 11) is 0. The van der Waals surface area contributed by atoms with Gasteiger partial charge in [-0.1, -0.05) is 38.1 Å². The lowest BCUT2D eigenvalue weighted by Crippen LogP contribution is -1.95. The maximum absolute atomic E-state index is 11.0. The van der Waals surface area contributed by atoms with Crippen molar-refractivity contribution in [1.29, 1.82) is 0 Å². The van der Waals surface area contributed by atoms with Gasteiger partial charge >= 0.3 is 5.97 Å². The minimum absolute atomic E-state index is 0.830. The van der Waals surface area contributed by atoms with E-state index in [1.807, 2.05) is 0 Å². The number of thiazole rings is 1. The molecule has 0 unspecified atom stereocenters. The summed E-state index contributed by atoms with van der Waals surface area (Å²) in [6, 6.07) is 8.31. The molecule has 24 heavy (non-hydrogen) atoms. The number of hydrogen-bond acceptors (Lipinski definition) is 3. The van der Waals surface area contributed by atoms with E-state index in [0.29, 0.717) is 0 Å². The predicted octanol–water partition coefficient (Wildman–Crippen LogP) is 4.59. The minimum atomic E-state index is -0.956. The van der Waals surface area contributed by atoms with E-state index < -0.39 is 5.97 Å². The number of carboxylic acids is 1. The van der Waals surface area contributed by atoms with E-state index in [0.717, 1.165) is 34.8 Å². The van der Waals surface area contributed by atoms with Gasteiger partial charge in [-0.2, -0.15) is 0 Å². The quantitative estimate of drug-likeness (QED) is 0.691. The molecule has 0 aliphatic carbocycles. The van der Waals surface area contributed by atoms with Crippen LogP contribution in [-0.2, 0) is 17.6 Å². The summed E-state index contributed by atoms with van der Waals surface area (Å²) in [4.78, 5) is 17.9. The molecule has 0 atom stereocenters. The molecule has 124 valence electrons. The number of carbonyl (C=O) groups is 1. The highest BCUT2D eigenvalue weighted by Crippen LogP contribution is 2.32. The van der Waals surface area contributed by atoms with Crippen molar-refractivity contribution in [3.8, 4) is 11.3 Å². The second-order valence-corrected chi connectivity index (χ2v) is 6.83. The highest BCUT2D eigenvalue weighted by molar-refractivity contribution is 7.17. The normalized spacial score (nSPS) is 11.6. The van der Waals surface area contributed by atoms with Crippen LogP contribution in [0, 0.1) is 6.92 Å². The first kappa shape index (κ1) is 16.5. The lowest BCUT2D eigenvalue weighted by molar-refractivity contribution is -0.131. The standard InChI is InChI=1S/C19H20N2O2S/c1-4-13-6-8-14(9-7-13)18-16(10-11-17(22)23)21-15(5-2)12(3)24-19(21)20-18/h6-11H,4-5H2,1-3H3,(H,22,23)/b11-10+. The Morgan fingerprint density at radius 1 is 1.25 bits per heavy atom. The molecule has 2 heterocycles. The summed E-state index contributed by atoms with van der Waals surface area (Å²) in [6.07, 6.45) is 4.70. The van der Waals surface area contributed by atoms with Gasteiger partial charge in [-0.15, -0.1) is 11.3 Å². The van der Waals surface area contributed by atoms with Crippen LogP contribution in [-0.4, -0.2) is 20.5 Å². The molecule has 3 rings (SSSR count). The molecule has 5 heteroatoms. The Morgan fingerprint density at radius 2 is 1.96 bits per heavy atom. The third-order valence-electron chi connectivity index (χ3n) is 4.16. The van der Waals surface area contributed by atoms with Crippen LogP contribution in [0.15, 0.2) is 30.3 Å². The molecule has 0 aliphatic heterocycles. The number of carboxylic acid groups (broad SMARTS) is 1. The first-order valence-corrected chi connectivity index (χ1v) is 8.87. The zero-order valence-electron chi connectivity index (χ0n) is 14.0. The van der Waals surface area contributed by atoms with Gasteiger partial charge in [0.2, 0.25) is 0 Å². The molecular formula is C19H20N2O2S. The average molecular weight is 340 g/mol. The van der Waals surface area contributed by atoms with Crippen molar-refractivity contribution < 1.29 is 9.90 Å². The van der Waals surface area contributed by atoms with Gasteiger partial charge in [-0.05, 0) is 31.4 Å². The van der Waals surface area contributed by atoms with Crippen molar-refractivity contribution >= 4 is 28.3 Å². The molecule has 4 nitrogen and oxygen atoms in total. The van der Waals surface area contributed by atoms with E-state index in [1.165, 1.54) is 22.2 Å². The molecule has 1 N–H and O–H groups in total. The van der Waals surface area contributed by atoms with Crippen LogP contribution in [0.1, 0.15) is 35.7 Å². The second-order valence-electron chi connectivity index (χ2n) is 5.64. The fraction of sp³-hybridized carbons (Fsp3) is 0.263. The van der Waals surface area contributed by atoms with Crippen molar-refractivity contribution in [3.05, 3.63) is 52.2 Å². The Balaban J connectivity index is 2.24. The number of aliphatic carboxylic acids is 1. The van der Waals surface area contributed by atoms with Crippen LogP contribution < -0.4 is 0 Å².